The first-order valence-corrected chi connectivity index (χ1v) is 13.5. The Bertz CT molecular complexity index is 1080. The summed E-state index contributed by atoms with van der Waals surface area (Å²) >= 11 is 0. The molecule has 202 valence electrons. The highest BCUT2D eigenvalue weighted by Crippen LogP contribution is 2.29. The van der Waals surface area contributed by atoms with E-state index in [0.29, 0.717) is 24.7 Å². The average molecular weight is 517 g/mol. The molecule has 0 heterocycles. The molecule has 0 aliphatic heterocycles. The number of hydrogen-bond donors (Lipinski definition) is 0. The Balaban J connectivity index is 1.58. The molecule has 0 aliphatic rings. The summed E-state index contributed by atoms with van der Waals surface area (Å²) < 4.78 is 22.7. The molecular formula is C32H40N2O4. The smallest absolute Gasteiger partial charge is 0.161 e. The minimum atomic E-state index is 0.693. The van der Waals surface area contributed by atoms with E-state index in [1.54, 1.807) is 14.2 Å². The Morgan fingerprint density at radius 1 is 0.553 bits per heavy atom. The molecule has 0 atom stereocenters. The lowest BCUT2D eigenvalue weighted by Crippen LogP contribution is -1.99. The van der Waals surface area contributed by atoms with E-state index in [2.05, 4.69) is 23.8 Å². The summed E-state index contributed by atoms with van der Waals surface area (Å²) in [5.74, 6) is 2.94. The summed E-state index contributed by atoms with van der Waals surface area (Å²) in [6.45, 7) is 5.75. The first kappa shape index (κ1) is 28.8. The van der Waals surface area contributed by atoms with E-state index in [1.807, 2.05) is 73.1 Å². The fourth-order valence-electron chi connectivity index (χ4n) is 3.76. The molecule has 0 unspecified atom stereocenters. The zero-order valence-electron chi connectivity index (χ0n) is 23.1. The maximum absolute atomic E-state index is 5.86. The van der Waals surface area contributed by atoms with Gasteiger partial charge < -0.3 is 18.9 Å². The predicted molar refractivity (Wildman–Crippen MR) is 157 cm³/mol. The van der Waals surface area contributed by atoms with E-state index in [0.717, 1.165) is 59.7 Å². The molecule has 38 heavy (non-hydrogen) atoms. The molecular weight excluding hydrogens is 476 g/mol. The first-order chi connectivity index (χ1) is 18.7. The topological polar surface area (TPSA) is 61.6 Å². The lowest BCUT2D eigenvalue weighted by Gasteiger charge is -2.11. The average Bonchev–Trinajstić information content (AvgIpc) is 2.96. The third-order valence-corrected chi connectivity index (χ3v) is 5.96. The Morgan fingerprint density at radius 2 is 0.974 bits per heavy atom. The van der Waals surface area contributed by atoms with E-state index < -0.39 is 0 Å². The largest absolute Gasteiger partial charge is 0.493 e. The molecule has 0 saturated heterocycles. The van der Waals surface area contributed by atoms with E-state index >= 15 is 0 Å². The molecule has 3 aromatic carbocycles. The number of unbranched alkanes of at least 4 members (excludes halogenated alkanes) is 4. The van der Waals surface area contributed by atoms with Crippen LogP contribution < -0.4 is 18.9 Å². The van der Waals surface area contributed by atoms with Gasteiger partial charge in [0.1, 0.15) is 0 Å². The van der Waals surface area contributed by atoms with Crippen LogP contribution in [0.15, 0.2) is 70.6 Å². The van der Waals surface area contributed by atoms with Gasteiger partial charge in [0.05, 0.1) is 38.8 Å². The maximum Gasteiger partial charge on any atom is 0.161 e. The second-order valence-corrected chi connectivity index (χ2v) is 8.96. The fourth-order valence-corrected chi connectivity index (χ4v) is 3.76. The lowest BCUT2D eigenvalue weighted by atomic mass is 10.2. The second kappa shape index (κ2) is 16.1. The monoisotopic (exact) mass is 516 g/mol. The highest BCUT2D eigenvalue weighted by atomic mass is 16.5. The van der Waals surface area contributed by atoms with Crippen LogP contribution in [0.1, 0.15) is 63.5 Å². The molecule has 0 N–H and O–H groups in total. The Labute approximate surface area is 227 Å². The summed E-state index contributed by atoms with van der Waals surface area (Å²) in [5.41, 5.74) is 3.57. The zero-order valence-corrected chi connectivity index (χ0v) is 23.1. The van der Waals surface area contributed by atoms with Crippen LogP contribution in [0.3, 0.4) is 0 Å². The van der Waals surface area contributed by atoms with Gasteiger partial charge in [-0.1, -0.05) is 39.5 Å². The number of benzene rings is 3. The first-order valence-electron chi connectivity index (χ1n) is 13.5. The van der Waals surface area contributed by atoms with E-state index in [1.165, 1.54) is 12.8 Å². The predicted octanol–water partition coefficient (Wildman–Crippen LogP) is 8.34. The lowest BCUT2D eigenvalue weighted by molar-refractivity contribution is 0.286. The van der Waals surface area contributed by atoms with Gasteiger partial charge in [0, 0.05) is 12.4 Å². The van der Waals surface area contributed by atoms with Crippen molar-refractivity contribution in [1.29, 1.82) is 0 Å². The van der Waals surface area contributed by atoms with E-state index in [9.17, 15) is 0 Å². The molecule has 0 aromatic heterocycles. The van der Waals surface area contributed by atoms with E-state index in [-0.39, 0.29) is 0 Å². The Hall–Kier alpha value is -3.80. The molecule has 3 aromatic rings. The summed E-state index contributed by atoms with van der Waals surface area (Å²) in [6.07, 6.45) is 10.4. The van der Waals surface area contributed by atoms with Gasteiger partial charge in [-0.15, -0.1) is 0 Å². The van der Waals surface area contributed by atoms with Crippen LogP contribution in [0.25, 0.3) is 0 Å². The number of nitrogens with zero attached hydrogens (tertiary/aromatic N) is 2. The number of ether oxygens (including phenoxy) is 4. The molecule has 0 aliphatic carbocycles. The van der Waals surface area contributed by atoms with Crippen molar-refractivity contribution in [2.45, 2.75) is 52.4 Å². The Morgan fingerprint density at radius 3 is 1.34 bits per heavy atom. The van der Waals surface area contributed by atoms with Crippen LogP contribution >= 0.6 is 0 Å². The van der Waals surface area contributed by atoms with E-state index in [4.69, 9.17) is 18.9 Å². The number of rotatable bonds is 16. The maximum atomic E-state index is 5.86. The third-order valence-electron chi connectivity index (χ3n) is 5.96. The zero-order chi connectivity index (χ0) is 27.0. The van der Waals surface area contributed by atoms with Crippen LogP contribution in [0, 0.1) is 0 Å². The molecule has 0 radical (unpaired) electrons. The molecule has 0 spiro atoms. The number of methoxy groups -OCH3 is 2. The highest BCUT2D eigenvalue weighted by molar-refractivity contribution is 5.84. The highest BCUT2D eigenvalue weighted by Gasteiger charge is 2.06. The quantitative estimate of drug-likeness (QED) is 0.142. The molecule has 6 nitrogen and oxygen atoms in total. The van der Waals surface area contributed by atoms with Crippen LogP contribution in [-0.4, -0.2) is 39.9 Å². The van der Waals surface area contributed by atoms with Gasteiger partial charge in [0.2, 0.25) is 0 Å². The van der Waals surface area contributed by atoms with Gasteiger partial charge >= 0.3 is 0 Å². The summed E-state index contributed by atoms with van der Waals surface area (Å²) in [4.78, 5) is 9.18. The SMILES string of the molecule is CCCCCOc1ccc(C=Nc2ccc(N=Cc3ccc(OCCCCC)c(OC)c3)cc2)cc1OC. The van der Waals surface area contributed by atoms with Crippen molar-refractivity contribution in [3.8, 4) is 23.0 Å². The minimum Gasteiger partial charge on any atom is -0.493 e. The van der Waals surface area contributed by atoms with Crippen molar-refractivity contribution < 1.29 is 18.9 Å². The summed E-state index contributed by atoms with van der Waals surface area (Å²) in [5, 5.41) is 0. The van der Waals surface area contributed by atoms with Crippen molar-refractivity contribution in [1.82, 2.24) is 0 Å². The molecule has 0 saturated carbocycles. The van der Waals surface area contributed by atoms with Crippen LogP contribution in [0.4, 0.5) is 11.4 Å². The van der Waals surface area contributed by atoms with Crippen molar-refractivity contribution in [3.63, 3.8) is 0 Å². The van der Waals surface area contributed by atoms with Gasteiger partial charge in [-0.2, -0.15) is 0 Å². The van der Waals surface area contributed by atoms with Crippen molar-refractivity contribution in [2.75, 3.05) is 27.4 Å². The van der Waals surface area contributed by atoms with Gasteiger partial charge in [-0.25, -0.2) is 0 Å². The minimum absolute atomic E-state index is 0.693. The number of aliphatic imine (C=N–C) groups is 2. The van der Waals surface area contributed by atoms with Crippen molar-refractivity contribution in [3.05, 3.63) is 71.8 Å². The molecule has 0 amide bonds. The third kappa shape index (κ3) is 9.25. The molecule has 6 heteroatoms. The van der Waals surface area contributed by atoms with Gasteiger partial charge in [-0.05, 0) is 84.6 Å². The summed E-state index contributed by atoms with van der Waals surface area (Å²) in [7, 11) is 3.31. The van der Waals surface area contributed by atoms with Crippen LogP contribution in [0.5, 0.6) is 23.0 Å². The number of hydrogen-bond acceptors (Lipinski definition) is 6. The second-order valence-electron chi connectivity index (χ2n) is 8.96. The molecule has 0 bridgehead atoms. The van der Waals surface area contributed by atoms with Crippen LogP contribution in [0.2, 0.25) is 0 Å². The van der Waals surface area contributed by atoms with Gasteiger partial charge in [-0.3, -0.25) is 9.98 Å². The van der Waals surface area contributed by atoms with Gasteiger partial charge in [0.15, 0.2) is 23.0 Å². The van der Waals surface area contributed by atoms with Gasteiger partial charge in [0.25, 0.3) is 0 Å². The van der Waals surface area contributed by atoms with Crippen molar-refractivity contribution >= 4 is 23.8 Å². The standard InChI is InChI=1S/C32H40N2O4/c1-5-7-9-19-37-29-17-11-25(21-31(29)35-3)23-33-27-13-15-28(16-14-27)34-24-26-12-18-30(32(22-26)36-4)38-20-10-8-6-2/h11-18,21-24H,5-10,19-20H2,1-4H3. The fraction of sp³-hybridized carbons (Fsp3) is 0.375. The Kier molecular flexibility index (Phi) is 12.2. The van der Waals surface area contributed by atoms with Crippen LogP contribution in [-0.2, 0) is 0 Å². The molecule has 0 fully saturated rings. The van der Waals surface area contributed by atoms with Crippen molar-refractivity contribution in [2.24, 2.45) is 9.98 Å². The molecule has 3 rings (SSSR count). The normalized spacial score (nSPS) is 11.3. The summed E-state index contributed by atoms with van der Waals surface area (Å²) in [6, 6.07) is 19.5.